The van der Waals surface area contributed by atoms with Gasteiger partial charge in [-0.05, 0) is 23.8 Å². The Morgan fingerprint density at radius 2 is 1.96 bits per heavy atom. The second kappa shape index (κ2) is 10.5. The summed E-state index contributed by atoms with van der Waals surface area (Å²) in [5.41, 5.74) is 1.70. The Morgan fingerprint density at radius 3 is 2.68 bits per heavy atom. The van der Waals surface area contributed by atoms with Crippen LogP contribution < -0.4 is 20.1 Å². The molecule has 152 valence electrons. The smallest absolute Gasteiger partial charge is 0.238 e. The zero-order valence-electron chi connectivity index (χ0n) is 15.9. The van der Waals surface area contributed by atoms with Crippen LogP contribution >= 0.6 is 24.0 Å². The number of methoxy groups -OCH3 is 2. The van der Waals surface area contributed by atoms with Crippen molar-refractivity contribution in [2.75, 3.05) is 45.7 Å². The third-order valence-electron chi connectivity index (χ3n) is 4.63. The predicted molar refractivity (Wildman–Crippen MR) is 114 cm³/mol. The fourth-order valence-corrected chi connectivity index (χ4v) is 3.55. The molecule has 1 saturated heterocycles. The quantitative estimate of drug-likeness (QED) is 0.742. The average molecular weight is 426 g/mol. The molecular weight excluding hydrogens is 401 g/mol. The van der Waals surface area contributed by atoms with Crippen molar-refractivity contribution in [1.82, 2.24) is 10.2 Å². The van der Waals surface area contributed by atoms with E-state index in [1.54, 1.807) is 32.4 Å². The van der Waals surface area contributed by atoms with Gasteiger partial charge in [-0.3, -0.25) is 9.69 Å². The number of rotatable bonds is 6. The first-order chi connectivity index (χ1) is 13.1. The van der Waals surface area contributed by atoms with E-state index in [-0.39, 0.29) is 30.9 Å². The van der Waals surface area contributed by atoms with Crippen LogP contribution in [0.1, 0.15) is 11.6 Å². The van der Waals surface area contributed by atoms with Gasteiger partial charge in [-0.1, -0.05) is 29.8 Å². The molecule has 0 bridgehead atoms. The molecule has 1 aliphatic rings. The van der Waals surface area contributed by atoms with Crippen molar-refractivity contribution in [2.24, 2.45) is 0 Å². The molecule has 0 aromatic heterocycles. The van der Waals surface area contributed by atoms with Crippen molar-refractivity contribution >= 4 is 35.6 Å². The SMILES string of the molecule is COc1ccc(NC(=O)CN2CCNCC2c2ccccc2Cl)cc1OC.Cl. The molecule has 2 N–H and O–H groups in total. The highest BCUT2D eigenvalue weighted by Crippen LogP contribution is 2.30. The van der Waals surface area contributed by atoms with Crippen molar-refractivity contribution in [2.45, 2.75) is 6.04 Å². The lowest BCUT2D eigenvalue weighted by Crippen LogP contribution is -2.48. The molecule has 0 spiro atoms. The van der Waals surface area contributed by atoms with Gasteiger partial charge in [-0.2, -0.15) is 0 Å². The summed E-state index contributed by atoms with van der Waals surface area (Å²) in [6.45, 7) is 2.65. The lowest BCUT2D eigenvalue weighted by Gasteiger charge is -2.36. The van der Waals surface area contributed by atoms with Crippen LogP contribution in [0, 0.1) is 0 Å². The minimum absolute atomic E-state index is 0. The van der Waals surface area contributed by atoms with E-state index in [1.165, 1.54) is 0 Å². The zero-order chi connectivity index (χ0) is 19.2. The molecular formula is C20H25Cl2N3O3. The minimum Gasteiger partial charge on any atom is -0.493 e. The number of carbonyl (C=O) groups is 1. The highest BCUT2D eigenvalue weighted by Gasteiger charge is 2.27. The zero-order valence-corrected chi connectivity index (χ0v) is 17.5. The molecule has 0 radical (unpaired) electrons. The number of nitrogens with zero attached hydrogens (tertiary/aromatic N) is 1. The Kier molecular flexibility index (Phi) is 8.38. The summed E-state index contributed by atoms with van der Waals surface area (Å²) in [5.74, 6) is 1.11. The first kappa shape index (κ1) is 22.3. The molecule has 0 saturated carbocycles. The van der Waals surface area contributed by atoms with Crippen molar-refractivity contribution in [3.63, 3.8) is 0 Å². The van der Waals surface area contributed by atoms with Gasteiger partial charge in [0.25, 0.3) is 0 Å². The maximum absolute atomic E-state index is 12.6. The van der Waals surface area contributed by atoms with Crippen molar-refractivity contribution < 1.29 is 14.3 Å². The van der Waals surface area contributed by atoms with E-state index in [0.29, 0.717) is 17.2 Å². The fourth-order valence-electron chi connectivity index (χ4n) is 3.29. The van der Waals surface area contributed by atoms with E-state index in [2.05, 4.69) is 15.5 Å². The topological polar surface area (TPSA) is 62.8 Å². The number of hydrogen-bond donors (Lipinski definition) is 2. The Balaban J connectivity index is 0.00000280. The van der Waals surface area contributed by atoms with Crippen LogP contribution in [0.2, 0.25) is 5.02 Å². The number of benzene rings is 2. The molecule has 1 fully saturated rings. The van der Waals surface area contributed by atoms with Crippen LogP contribution in [0.25, 0.3) is 0 Å². The molecule has 1 aliphatic heterocycles. The van der Waals surface area contributed by atoms with Crippen molar-refractivity contribution in [1.29, 1.82) is 0 Å². The lowest BCUT2D eigenvalue weighted by atomic mass is 10.0. The van der Waals surface area contributed by atoms with Crippen molar-refractivity contribution in [3.05, 3.63) is 53.1 Å². The Bertz CT molecular complexity index is 804. The van der Waals surface area contributed by atoms with Crippen LogP contribution in [-0.4, -0.2) is 51.2 Å². The third-order valence-corrected chi connectivity index (χ3v) is 4.98. The molecule has 2 aromatic carbocycles. The Hall–Kier alpha value is -1.99. The van der Waals surface area contributed by atoms with Gasteiger partial charge < -0.3 is 20.1 Å². The van der Waals surface area contributed by atoms with Crippen LogP contribution in [0.3, 0.4) is 0 Å². The molecule has 0 aliphatic carbocycles. The highest BCUT2D eigenvalue weighted by atomic mass is 35.5. The molecule has 1 atom stereocenters. The molecule has 8 heteroatoms. The van der Waals surface area contributed by atoms with Gasteiger partial charge in [-0.25, -0.2) is 0 Å². The van der Waals surface area contributed by atoms with Crippen LogP contribution in [-0.2, 0) is 4.79 Å². The normalized spacial score (nSPS) is 16.8. The summed E-state index contributed by atoms with van der Waals surface area (Å²) in [7, 11) is 3.15. The predicted octanol–water partition coefficient (Wildman–Crippen LogP) is 3.36. The minimum atomic E-state index is -0.0822. The number of halogens is 2. The number of ether oxygens (including phenoxy) is 2. The summed E-state index contributed by atoms with van der Waals surface area (Å²) < 4.78 is 10.5. The number of amides is 1. The maximum Gasteiger partial charge on any atom is 0.238 e. The molecule has 2 aromatic rings. The second-order valence-corrected chi connectivity index (χ2v) is 6.74. The van der Waals surface area contributed by atoms with Crippen LogP contribution in [0.15, 0.2) is 42.5 Å². The van der Waals surface area contributed by atoms with Gasteiger partial charge >= 0.3 is 0 Å². The summed E-state index contributed by atoms with van der Waals surface area (Å²) in [6.07, 6.45) is 0. The van der Waals surface area contributed by atoms with E-state index in [1.807, 2.05) is 24.3 Å². The number of anilines is 1. The van der Waals surface area contributed by atoms with Crippen LogP contribution in [0.5, 0.6) is 11.5 Å². The second-order valence-electron chi connectivity index (χ2n) is 6.33. The van der Waals surface area contributed by atoms with E-state index in [9.17, 15) is 4.79 Å². The van der Waals surface area contributed by atoms with Gasteiger partial charge in [0.1, 0.15) is 0 Å². The molecule has 3 rings (SSSR count). The molecule has 6 nitrogen and oxygen atoms in total. The largest absolute Gasteiger partial charge is 0.493 e. The van der Waals surface area contributed by atoms with Gasteiger partial charge in [-0.15, -0.1) is 12.4 Å². The standard InChI is InChI=1S/C20H24ClN3O3.ClH/c1-26-18-8-7-14(11-19(18)27-2)23-20(25)13-24-10-9-22-12-17(24)15-5-3-4-6-16(15)21;/h3-8,11,17,22H,9-10,12-13H2,1-2H3,(H,23,25);1H. The number of nitrogens with one attached hydrogen (secondary N) is 2. The number of carbonyl (C=O) groups excluding carboxylic acids is 1. The number of hydrogen-bond acceptors (Lipinski definition) is 5. The molecule has 1 unspecified atom stereocenters. The Morgan fingerprint density at radius 1 is 1.21 bits per heavy atom. The van der Waals surface area contributed by atoms with Gasteiger partial charge in [0.2, 0.25) is 5.91 Å². The van der Waals surface area contributed by atoms with Gasteiger partial charge in [0.05, 0.1) is 20.8 Å². The third kappa shape index (κ3) is 5.29. The fraction of sp³-hybridized carbons (Fsp3) is 0.350. The van der Waals surface area contributed by atoms with Crippen molar-refractivity contribution in [3.8, 4) is 11.5 Å². The molecule has 1 amide bonds. The summed E-state index contributed by atoms with van der Waals surface area (Å²) in [5, 5.41) is 7.03. The summed E-state index contributed by atoms with van der Waals surface area (Å²) in [6, 6.07) is 13.2. The summed E-state index contributed by atoms with van der Waals surface area (Å²) in [4.78, 5) is 14.8. The average Bonchev–Trinajstić information content (AvgIpc) is 2.69. The van der Waals surface area contributed by atoms with Crippen LogP contribution in [0.4, 0.5) is 5.69 Å². The molecule has 28 heavy (non-hydrogen) atoms. The highest BCUT2D eigenvalue weighted by molar-refractivity contribution is 6.31. The van der Waals surface area contributed by atoms with E-state index in [4.69, 9.17) is 21.1 Å². The molecule has 1 heterocycles. The first-order valence-corrected chi connectivity index (χ1v) is 9.21. The van der Waals surface area contributed by atoms with E-state index < -0.39 is 0 Å². The monoisotopic (exact) mass is 425 g/mol. The maximum atomic E-state index is 12.6. The van der Waals surface area contributed by atoms with Gasteiger partial charge in [0.15, 0.2) is 11.5 Å². The van der Waals surface area contributed by atoms with E-state index >= 15 is 0 Å². The summed E-state index contributed by atoms with van der Waals surface area (Å²) >= 11 is 6.37. The number of piperazine rings is 1. The van der Waals surface area contributed by atoms with E-state index in [0.717, 1.165) is 30.2 Å². The van der Waals surface area contributed by atoms with Gasteiger partial charge in [0, 0.05) is 42.5 Å². The Labute approximate surface area is 176 Å². The first-order valence-electron chi connectivity index (χ1n) is 8.83. The lowest BCUT2D eigenvalue weighted by molar-refractivity contribution is -0.118.